The van der Waals surface area contributed by atoms with Crippen LogP contribution in [0, 0.1) is 5.82 Å². The number of benzene rings is 2. The molecule has 0 fully saturated rings. The Labute approximate surface area is 126 Å². The normalized spacial score (nSPS) is 13.9. The lowest BCUT2D eigenvalue weighted by molar-refractivity contribution is 0.468. The molecule has 0 saturated heterocycles. The molecule has 0 aromatic heterocycles. The van der Waals surface area contributed by atoms with Crippen LogP contribution in [0.15, 0.2) is 54.6 Å². The Hall–Kier alpha value is -1.71. The van der Waals surface area contributed by atoms with E-state index in [0.717, 1.165) is 18.5 Å². The van der Waals surface area contributed by atoms with Crippen LogP contribution in [-0.2, 0) is 6.42 Å². The summed E-state index contributed by atoms with van der Waals surface area (Å²) in [6, 6.07) is 17.8. The minimum atomic E-state index is -0.185. The Bertz CT molecular complexity index is 525. The van der Waals surface area contributed by atoms with Gasteiger partial charge in [-0.1, -0.05) is 42.5 Å². The van der Waals surface area contributed by atoms with Gasteiger partial charge in [-0.15, -0.1) is 0 Å². The third kappa shape index (κ3) is 4.96. The molecule has 112 valence electrons. The van der Waals surface area contributed by atoms with Gasteiger partial charge >= 0.3 is 0 Å². The third-order valence-electron chi connectivity index (χ3n) is 3.77. The van der Waals surface area contributed by atoms with Crippen LogP contribution in [-0.4, -0.2) is 19.6 Å². The maximum absolute atomic E-state index is 12.9. The van der Waals surface area contributed by atoms with E-state index in [9.17, 15) is 4.39 Å². The maximum Gasteiger partial charge on any atom is 0.123 e. The zero-order valence-electron chi connectivity index (χ0n) is 12.6. The lowest BCUT2D eigenvalue weighted by Gasteiger charge is -2.21. The number of hydrogen-bond donors (Lipinski definition) is 2. The van der Waals surface area contributed by atoms with Crippen molar-refractivity contribution < 1.29 is 4.39 Å². The van der Waals surface area contributed by atoms with Gasteiger partial charge in [0.25, 0.3) is 0 Å². The first-order chi connectivity index (χ1) is 10.2. The molecule has 2 unspecified atom stereocenters. The van der Waals surface area contributed by atoms with Crippen LogP contribution < -0.4 is 10.6 Å². The molecule has 0 heterocycles. The highest BCUT2D eigenvalue weighted by atomic mass is 19.1. The monoisotopic (exact) mass is 286 g/mol. The zero-order chi connectivity index (χ0) is 15.1. The molecule has 2 aromatic carbocycles. The van der Waals surface area contributed by atoms with Crippen LogP contribution in [0.4, 0.5) is 4.39 Å². The summed E-state index contributed by atoms with van der Waals surface area (Å²) in [7, 11) is 1.96. The van der Waals surface area contributed by atoms with Gasteiger partial charge in [0, 0.05) is 18.6 Å². The van der Waals surface area contributed by atoms with E-state index in [-0.39, 0.29) is 5.82 Å². The van der Waals surface area contributed by atoms with Gasteiger partial charge in [0.2, 0.25) is 0 Å². The van der Waals surface area contributed by atoms with Crippen molar-refractivity contribution >= 4 is 0 Å². The van der Waals surface area contributed by atoms with E-state index in [2.05, 4.69) is 41.8 Å². The minimum absolute atomic E-state index is 0.185. The van der Waals surface area contributed by atoms with Crippen molar-refractivity contribution in [2.75, 3.05) is 13.6 Å². The average molecular weight is 286 g/mol. The number of hydrogen-bond acceptors (Lipinski definition) is 2. The van der Waals surface area contributed by atoms with E-state index in [1.807, 2.05) is 25.2 Å². The third-order valence-corrected chi connectivity index (χ3v) is 3.77. The fraction of sp³-hybridized carbons (Fsp3) is 0.333. The molecule has 0 aliphatic heterocycles. The van der Waals surface area contributed by atoms with Crippen LogP contribution in [0.5, 0.6) is 0 Å². The van der Waals surface area contributed by atoms with Gasteiger partial charge in [0.15, 0.2) is 0 Å². The molecule has 21 heavy (non-hydrogen) atoms. The Morgan fingerprint density at radius 3 is 2.29 bits per heavy atom. The lowest BCUT2D eigenvalue weighted by Crippen LogP contribution is -2.39. The summed E-state index contributed by atoms with van der Waals surface area (Å²) in [5, 5.41) is 6.86. The number of likely N-dealkylation sites (N-methyl/N-ethyl adjacent to an activating group) is 1. The molecule has 3 heteroatoms. The fourth-order valence-electron chi connectivity index (χ4n) is 2.36. The summed E-state index contributed by atoms with van der Waals surface area (Å²) in [6.07, 6.45) is 0.880. The van der Waals surface area contributed by atoms with Crippen molar-refractivity contribution in [3.63, 3.8) is 0 Å². The highest BCUT2D eigenvalue weighted by molar-refractivity contribution is 5.19. The van der Waals surface area contributed by atoms with Gasteiger partial charge in [0.05, 0.1) is 0 Å². The van der Waals surface area contributed by atoms with E-state index in [0.29, 0.717) is 12.1 Å². The highest BCUT2D eigenvalue weighted by Gasteiger charge is 2.10. The summed E-state index contributed by atoms with van der Waals surface area (Å²) in [5.74, 6) is -0.185. The molecule has 0 spiro atoms. The molecule has 0 aliphatic rings. The van der Waals surface area contributed by atoms with E-state index in [1.54, 1.807) is 0 Å². The van der Waals surface area contributed by atoms with E-state index < -0.39 is 0 Å². The predicted octanol–water partition coefficient (Wildman–Crippen LogP) is 3.31. The smallest absolute Gasteiger partial charge is 0.123 e. The molecule has 0 saturated carbocycles. The van der Waals surface area contributed by atoms with Gasteiger partial charge in [-0.05, 0) is 43.7 Å². The minimum Gasteiger partial charge on any atom is -0.315 e. The molecule has 2 aromatic rings. The van der Waals surface area contributed by atoms with E-state index >= 15 is 0 Å². The topological polar surface area (TPSA) is 24.1 Å². The molecular weight excluding hydrogens is 263 g/mol. The number of nitrogens with one attached hydrogen (secondary N) is 2. The molecule has 0 aliphatic carbocycles. The summed E-state index contributed by atoms with van der Waals surface area (Å²) >= 11 is 0. The van der Waals surface area contributed by atoms with Gasteiger partial charge in [-0.25, -0.2) is 4.39 Å². The molecule has 2 nitrogen and oxygen atoms in total. The van der Waals surface area contributed by atoms with Gasteiger partial charge in [-0.2, -0.15) is 0 Å². The molecule has 2 atom stereocenters. The first kappa shape index (κ1) is 15.7. The molecule has 2 rings (SSSR count). The Balaban J connectivity index is 1.86. The second-order valence-corrected chi connectivity index (χ2v) is 5.36. The van der Waals surface area contributed by atoms with Gasteiger partial charge in [-0.3, -0.25) is 0 Å². The summed E-state index contributed by atoms with van der Waals surface area (Å²) < 4.78 is 12.9. The summed E-state index contributed by atoms with van der Waals surface area (Å²) in [5.41, 5.74) is 2.43. The maximum atomic E-state index is 12.9. The quantitative estimate of drug-likeness (QED) is 0.816. The first-order valence-electron chi connectivity index (χ1n) is 7.39. The predicted molar refractivity (Wildman–Crippen MR) is 85.8 cm³/mol. The molecular formula is C18H23FN2. The highest BCUT2D eigenvalue weighted by Crippen LogP contribution is 2.11. The summed E-state index contributed by atoms with van der Waals surface area (Å²) in [6.45, 7) is 3.03. The van der Waals surface area contributed by atoms with Crippen LogP contribution in [0.3, 0.4) is 0 Å². The SMILES string of the molecule is CNC(CNC(C)c1ccccc1)Cc1ccc(F)cc1. The molecule has 2 N–H and O–H groups in total. The Morgan fingerprint density at radius 1 is 1.00 bits per heavy atom. The van der Waals surface area contributed by atoms with Crippen LogP contribution >= 0.6 is 0 Å². The Kier molecular flexibility index (Phi) is 5.90. The van der Waals surface area contributed by atoms with Gasteiger partial charge < -0.3 is 10.6 Å². The van der Waals surface area contributed by atoms with Crippen molar-refractivity contribution in [1.82, 2.24) is 10.6 Å². The largest absolute Gasteiger partial charge is 0.315 e. The Morgan fingerprint density at radius 2 is 1.67 bits per heavy atom. The van der Waals surface area contributed by atoms with Crippen LogP contribution in [0.25, 0.3) is 0 Å². The fourth-order valence-corrected chi connectivity index (χ4v) is 2.36. The molecule has 0 bridgehead atoms. The lowest BCUT2D eigenvalue weighted by atomic mass is 10.0. The van der Waals surface area contributed by atoms with Crippen molar-refractivity contribution in [3.05, 3.63) is 71.5 Å². The number of rotatable bonds is 7. The van der Waals surface area contributed by atoms with E-state index in [1.165, 1.54) is 17.7 Å². The second kappa shape index (κ2) is 7.91. The molecule has 0 amide bonds. The molecule has 0 radical (unpaired) electrons. The second-order valence-electron chi connectivity index (χ2n) is 5.36. The zero-order valence-corrected chi connectivity index (χ0v) is 12.6. The van der Waals surface area contributed by atoms with E-state index in [4.69, 9.17) is 0 Å². The first-order valence-corrected chi connectivity index (χ1v) is 7.39. The average Bonchev–Trinajstić information content (AvgIpc) is 2.53. The number of halogens is 1. The van der Waals surface area contributed by atoms with Crippen molar-refractivity contribution in [2.24, 2.45) is 0 Å². The van der Waals surface area contributed by atoms with Gasteiger partial charge in [0.1, 0.15) is 5.82 Å². The van der Waals surface area contributed by atoms with Crippen LogP contribution in [0.2, 0.25) is 0 Å². The standard InChI is InChI=1S/C18H23FN2/c1-14(16-6-4-3-5-7-16)21-13-18(20-2)12-15-8-10-17(19)11-9-15/h3-11,14,18,20-21H,12-13H2,1-2H3. The van der Waals surface area contributed by atoms with Crippen LogP contribution in [0.1, 0.15) is 24.1 Å². The van der Waals surface area contributed by atoms with Crippen molar-refractivity contribution in [3.8, 4) is 0 Å². The van der Waals surface area contributed by atoms with Crippen molar-refractivity contribution in [2.45, 2.75) is 25.4 Å². The summed E-state index contributed by atoms with van der Waals surface area (Å²) in [4.78, 5) is 0. The van der Waals surface area contributed by atoms with Crippen molar-refractivity contribution in [1.29, 1.82) is 0 Å².